The van der Waals surface area contributed by atoms with Gasteiger partial charge in [0.1, 0.15) is 35.6 Å². The maximum atomic E-state index is 14.8. The van der Waals surface area contributed by atoms with Crippen molar-refractivity contribution in [3.63, 3.8) is 0 Å². The fourth-order valence-corrected chi connectivity index (χ4v) is 7.05. The molecule has 1 aliphatic heterocycles. The molecule has 6 rings (SSSR count). The fraction of sp³-hybridized carbons (Fsp3) is 0.310. The van der Waals surface area contributed by atoms with E-state index in [0.717, 1.165) is 12.5 Å². The molecule has 14 heteroatoms. The maximum absolute atomic E-state index is 14.8. The number of aliphatic hydroxyl groups is 5. The maximum Gasteiger partial charge on any atom is 0.308 e. The summed E-state index contributed by atoms with van der Waals surface area (Å²) >= 11 is 0. The monoisotopic (exact) mass is 768 g/mol. The number of hydrogen-bond acceptors (Lipinski definition) is 14. The number of aliphatic hydroxyl groups excluding tert-OH is 5. The van der Waals surface area contributed by atoms with Crippen LogP contribution in [0, 0.1) is 0 Å². The highest BCUT2D eigenvalue weighted by Gasteiger charge is 2.44. The number of fused-ring (bicyclic) bond motifs is 2. The van der Waals surface area contributed by atoms with E-state index in [1.807, 2.05) is 18.2 Å². The topological polar surface area (TPSA) is 252 Å². The van der Waals surface area contributed by atoms with Crippen molar-refractivity contribution in [2.45, 2.75) is 76.6 Å². The number of ether oxygens (including phenoxy) is 3. The van der Waals surface area contributed by atoms with Crippen LogP contribution in [-0.4, -0.2) is 85.5 Å². The van der Waals surface area contributed by atoms with Crippen LogP contribution in [0.1, 0.15) is 97.2 Å². The number of benzene rings is 4. The Balaban J connectivity index is 1.54. The second kappa shape index (κ2) is 16.8. The van der Waals surface area contributed by atoms with Crippen molar-refractivity contribution in [1.82, 2.24) is 0 Å². The van der Waals surface area contributed by atoms with Crippen molar-refractivity contribution >= 4 is 29.7 Å². The highest BCUT2D eigenvalue weighted by molar-refractivity contribution is 6.31. The van der Waals surface area contributed by atoms with Gasteiger partial charge in [0.15, 0.2) is 11.6 Å². The van der Waals surface area contributed by atoms with E-state index in [1.54, 1.807) is 36.4 Å². The lowest BCUT2D eigenvalue weighted by Gasteiger charge is -2.39. The van der Waals surface area contributed by atoms with Crippen molar-refractivity contribution in [3.8, 4) is 17.2 Å². The number of nitrogens with two attached hydrogens (primary N) is 2. The summed E-state index contributed by atoms with van der Waals surface area (Å²) in [6.07, 6.45) is -4.04. The predicted molar refractivity (Wildman–Crippen MR) is 203 cm³/mol. The highest BCUT2D eigenvalue weighted by Crippen LogP contribution is 2.45. The second-order valence-corrected chi connectivity index (χ2v) is 13.9. The van der Waals surface area contributed by atoms with E-state index in [1.165, 1.54) is 25.1 Å². The summed E-state index contributed by atoms with van der Waals surface area (Å²) in [5, 5.41) is 63.5. The molecule has 4 aromatic rings. The van der Waals surface area contributed by atoms with Gasteiger partial charge in [-0.05, 0) is 65.8 Å². The normalized spacial score (nSPS) is 20.6. The van der Waals surface area contributed by atoms with Gasteiger partial charge < -0.3 is 56.3 Å². The lowest BCUT2D eigenvalue weighted by Crippen LogP contribution is -2.58. The van der Waals surface area contributed by atoms with Crippen molar-refractivity contribution in [2.24, 2.45) is 11.5 Å². The molecular weight excluding hydrogens is 724 g/mol. The number of rotatable bonds is 12. The van der Waals surface area contributed by atoms with Crippen LogP contribution in [0.4, 0.5) is 0 Å². The molecule has 1 heterocycles. The van der Waals surface area contributed by atoms with E-state index in [4.69, 9.17) is 25.7 Å². The number of hydrogen-bond donors (Lipinski definition) is 8. The Morgan fingerprint density at radius 2 is 1.61 bits per heavy atom. The van der Waals surface area contributed by atoms with Crippen LogP contribution < -0.4 is 20.9 Å². The van der Waals surface area contributed by atoms with Crippen LogP contribution in [0.5, 0.6) is 17.2 Å². The van der Waals surface area contributed by atoms with Gasteiger partial charge in [0.25, 0.3) is 0 Å². The van der Waals surface area contributed by atoms with E-state index >= 15 is 0 Å². The summed E-state index contributed by atoms with van der Waals surface area (Å²) < 4.78 is 17.3. The van der Waals surface area contributed by atoms with Crippen LogP contribution in [0.3, 0.4) is 0 Å². The molecule has 0 radical (unpaired) electrons. The van der Waals surface area contributed by atoms with Gasteiger partial charge in [0.05, 0.1) is 24.4 Å². The van der Waals surface area contributed by atoms with Crippen LogP contribution in [0.2, 0.25) is 0 Å². The van der Waals surface area contributed by atoms with Gasteiger partial charge in [-0.3, -0.25) is 14.4 Å². The predicted octanol–water partition coefficient (Wildman–Crippen LogP) is 2.39. The van der Waals surface area contributed by atoms with Crippen molar-refractivity contribution in [2.75, 3.05) is 6.61 Å². The largest absolute Gasteiger partial charge is 0.507 e. The Bertz CT molecular complexity index is 2200. The fourth-order valence-electron chi connectivity index (χ4n) is 7.05. The number of aryl methyl sites for hydroxylation is 1. The van der Waals surface area contributed by atoms with Crippen LogP contribution in [0.25, 0.3) is 12.2 Å². The smallest absolute Gasteiger partial charge is 0.308 e. The first kappa shape index (κ1) is 40.4. The zero-order chi connectivity index (χ0) is 40.4. The lowest BCUT2D eigenvalue weighted by molar-refractivity contribution is -0.268. The van der Waals surface area contributed by atoms with Crippen LogP contribution in [0.15, 0.2) is 60.7 Å². The van der Waals surface area contributed by atoms with Gasteiger partial charge in [-0.25, -0.2) is 0 Å². The SMILES string of the molecule is CC(=O)Oc1cc(CO)c2c(c1C=Cc1cccc(CCCO)c1)C(=O)c1cc(O[C@H]3O[C@H](C)[C@@H](O)[C@@H](O)[C@H]3O)c(Cc3cccc(C(N)N)c3)c(O)c1C2=O. The molecule has 1 fully saturated rings. The molecule has 10 N–H and O–H groups in total. The lowest BCUT2D eigenvalue weighted by atomic mass is 9.77. The number of ketones is 2. The summed E-state index contributed by atoms with van der Waals surface area (Å²) in [5.74, 6) is -3.25. The van der Waals surface area contributed by atoms with Gasteiger partial charge in [-0.15, -0.1) is 0 Å². The van der Waals surface area contributed by atoms with Gasteiger partial charge in [-0.1, -0.05) is 54.6 Å². The van der Waals surface area contributed by atoms with E-state index in [2.05, 4.69) is 0 Å². The average molecular weight is 769 g/mol. The Morgan fingerprint density at radius 1 is 0.875 bits per heavy atom. The molecule has 4 aromatic carbocycles. The van der Waals surface area contributed by atoms with E-state index < -0.39 is 66.8 Å². The number of esters is 1. The molecule has 2 aliphatic rings. The summed E-state index contributed by atoms with van der Waals surface area (Å²) in [6, 6.07) is 16.7. The number of phenolic OH excluding ortho intramolecular Hbond substituents is 1. The molecule has 0 spiro atoms. The van der Waals surface area contributed by atoms with Gasteiger partial charge in [-0.2, -0.15) is 0 Å². The van der Waals surface area contributed by atoms with Crippen molar-refractivity contribution in [3.05, 3.63) is 122 Å². The minimum atomic E-state index is -1.76. The third-order valence-corrected chi connectivity index (χ3v) is 9.91. The summed E-state index contributed by atoms with van der Waals surface area (Å²) in [6.45, 7) is 1.91. The number of phenols is 1. The van der Waals surface area contributed by atoms with Gasteiger partial charge in [0.2, 0.25) is 6.29 Å². The standard InChI is InChI=1S/C42H44N2O12/c1-20-35(48)39(52)40(53)42(54-20)56-31-18-29-34(36(49)28(31)16-24-8-4-10-25(15-24)41(43)44)38(51)32-26(19-46)17-30(55-21(2)47)27(33(32)37(29)50)12-11-23-7-3-6-22(14-23)9-5-13-45/h3-4,6-8,10-12,14-15,17-18,20,35,39-42,45-46,48-49,52-53H,5,9,13,16,19,43-44H2,1-2H3/t20-,35-,39-,40-,42-/m1/s1. The molecule has 56 heavy (non-hydrogen) atoms. The molecule has 0 saturated carbocycles. The second-order valence-electron chi connectivity index (χ2n) is 13.9. The first-order valence-electron chi connectivity index (χ1n) is 18.1. The summed E-state index contributed by atoms with van der Waals surface area (Å²) in [4.78, 5) is 41.7. The third-order valence-electron chi connectivity index (χ3n) is 9.91. The minimum absolute atomic E-state index is 0.00318. The zero-order valence-corrected chi connectivity index (χ0v) is 30.7. The Morgan fingerprint density at radius 3 is 2.30 bits per heavy atom. The third kappa shape index (κ3) is 8.00. The van der Waals surface area contributed by atoms with Crippen molar-refractivity contribution < 1.29 is 59.2 Å². The van der Waals surface area contributed by atoms with Crippen LogP contribution in [-0.2, 0) is 29.0 Å². The Labute approximate surface area is 322 Å². The number of carbonyl (C=O) groups is 3. The zero-order valence-electron chi connectivity index (χ0n) is 30.7. The molecular formula is C42H44N2O12. The molecule has 294 valence electrons. The molecule has 14 nitrogen and oxygen atoms in total. The minimum Gasteiger partial charge on any atom is -0.507 e. The molecule has 0 unspecified atom stereocenters. The first-order chi connectivity index (χ1) is 26.7. The van der Waals surface area contributed by atoms with E-state index in [9.17, 15) is 45.0 Å². The number of aromatic hydroxyl groups is 1. The van der Waals surface area contributed by atoms with Gasteiger partial charge in [0, 0.05) is 47.8 Å². The quantitative estimate of drug-likeness (QED) is 0.0393. The molecule has 0 amide bonds. The van der Waals surface area contributed by atoms with E-state index in [-0.39, 0.29) is 63.5 Å². The molecule has 5 atom stereocenters. The summed E-state index contributed by atoms with van der Waals surface area (Å²) in [7, 11) is 0. The molecule has 0 aromatic heterocycles. The first-order valence-corrected chi connectivity index (χ1v) is 18.1. The van der Waals surface area contributed by atoms with E-state index in [0.29, 0.717) is 29.5 Å². The molecule has 0 bridgehead atoms. The Kier molecular flexibility index (Phi) is 12.1. The molecule has 1 aliphatic carbocycles. The average Bonchev–Trinajstić information content (AvgIpc) is 3.17. The highest BCUT2D eigenvalue weighted by atomic mass is 16.7. The number of carbonyl (C=O) groups excluding carboxylic acids is 3. The van der Waals surface area contributed by atoms with Gasteiger partial charge >= 0.3 is 5.97 Å². The van der Waals surface area contributed by atoms with Crippen LogP contribution >= 0.6 is 0 Å². The molecule has 1 saturated heterocycles. The van der Waals surface area contributed by atoms with Crippen molar-refractivity contribution in [1.29, 1.82) is 0 Å². The summed E-state index contributed by atoms with van der Waals surface area (Å²) in [5.41, 5.74) is 13.5. The Hall–Kier alpha value is -5.29.